The van der Waals surface area contributed by atoms with E-state index in [1.54, 1.807) is 11.3 Å². The predicted molar refractivity (Wildman–Crippen MR) is 84.8 cm³/mol. The van der Waals surface area contributed by atoms with Crippen molar-refractivity contribution in [3.63, 3.8) is 0 Å². The van der Waals surface area contributed by atoms with Crippen molar-refractivity contribution < 1.29 is 0 Å². The molecule has 0 spiro atoms. The van der Waals surface area contributed by atoms with Gasteiger partial charge in [-0.25, -0.2) is 0 Å². The fourth-order valence-electron chi connectivity index (χ4n) is 2.09. The van der Waals surface area contributed by atoms with Gasteiger partial charge in [0, 0.05) is 23.2 Å². The van der Waals surface area contributed by atoms with E-state index in [0.717, 1.165) is 19.5 Å². The SMILES string of the molecule is CCCn1cc(C(NCC)c2cc(C)c(Br)s2)cn1. The van der Waals surface area contributed by atoms with Gasteiger partial charge in [0.25, 0.3) is 0 Å². The fourth-order valence-corrected chi connectivity index (χ4v) is 3.77. The van der Waals surface area contributed by atoms with Gasteiger partial charge in [0.2, 0.25) is 0 Å². The smallest absolute Gasteiger partial charge is 0.0731 e. The number of thiophene rings is 1. The van der Waals surface area contributed by atoms with Crippen molar-refractivity contribution in [1.82, 2.24) is 15.1 Å². The normalized spacial score (nSPS) is 12.8. The molecule has 1 unspecified atom stereocenters. The van der Waals surface area contributed by atoms with Crippen molar-refractivity contribution >= 4 is 27.3 Å². The molecule has 0 aliphatic heterocycles. The van der Waals surface area contributed by atoms with Gasteiger partial charge in [-0.2, -0.15) is 5.10 Å². The zero-order chi connectivity index (χ0) is 13.8. The molecule has 0 aliphatic carbocycles. The number of nitrogens with zero attached hydrogens (tertiary/aromatic N) is 2. The summed E-state index contributed by atoms with van der Waals surface area (Å²) in [6, 6.07) is 2.49. The fraction of sp³-hybridized carbons (Fsp3) is 0.500. The second-order valence-corrected chi connectivity index (χ2v) is 7.03. The lowest BCUT2D eigenvalue weighted by Gasteiger charge is -2.14. The van der Waals surface area contributed by atoms with E-state index in [2.05, 4.69) is 59.4 Å². The molecule has 2 rings (SSSR count). The van der Waals surface area contributed by atoms with E-state index in [1.165, 1.54) is 19.8 Å². The lowest BCUT2D eigenvalue weighted by Crippen LogP contribution is -2.20. The van der Waals surface area contributed by atoms with Crippen LogP contribution >= 0.6 is 27.3 Å². The molecule has 0 amide bonds. The van der Waals surface area contributed by atoms with Gasteiger partial charge in [-0.3, -0.25) is 4.68 Å². The molecular formula is C14H20BrN3S. The quantitative estimate of drug-likeness (QED) is 0.856. The predicted octanol–water partition coefficient (Wildman–Crippen LogP) is 4.12. The maximum absolute atomic E-state index is 4.43. The second kappa shape index (κ2) is 6.68. The first-order chi connectivity index (χ1) is 9.15. The summed E-state index contributed by atoms with van der Waals surface area (Å²) >= 11 is 5.40. The number of halogens is 1. The zero-order valence-corrected chi connectivity index (χ0v) is 14.0. The maximum Gasteiger partial charge on any atom is 0.0731 e. The molecule has 2 heterocycles. The van der Waals surface area contributed by atoms with E-state index in [4.69, 9.17) is 0 Å². The first-order valence-corrected chi connectivity index (χ1v) is 8.28. The van der Waals surface area contributed by atoms with Crippen molar-refractivity contribution in [2.45, 2.75) is 39.8 Å². The van der Waals surface area contributed by atoms with Gasteiger partial charge < -0.3 is 5.32 Å². The summed E-state index contributed by atoms with van der Waals surface area (Å²) in [4.78, 5) is 1.34. The number of rotatable bonds is 6. The highest BCUT2D eigenvalue weighted by Crippen LogP contribution is 2.34. The highest BCUT2D eigenvalue weighted by molar-refractivity contribution is 9.11. The van der Waals surface area contributed by atoms with E-state index in [9.17, 15) is 0 Å². The molecule has 1 N–H and O–H groups in total. The molecule has 0 aromatic carbocycles. The van der Waals surface area contributed by atoms with Gasteiger partial charge in [-0.05, 0) is 47.4 Å². The van der Waals surface area contributed by atoms with E-state index in [-0.39, 0.29) is 6.04 Å². The van der Waals surface area contributed by atoms with Crippen LogP contribution < -0.4 is 5.32 Å². The van der Waals surface area contributed by atoms with Crippen molar-refractivity contribution in [3.8, 4) is 0 Å². The van der Waals surface area contributed by atoms with E-state index >= 15 is 0 Å². The van der Waals surface area contributed by atoms with Gasteiger partial charge in [0.1, 0.15) is 0 Å². The molecule has 104 valence electrons. The summed E-state index contributed by atoms with van der Waals surface area (Å²) in [5, 5.41) is 7.98. The Bertz CT molecular complexity index is 513. The van der Waals surface area contributed by atoms with Gasteiger partial charge in [0.15, 0.2) is 0 Å². The van der Waals surface area contributed by atoms with Gasteiger partial charge in [-0.1, -0.05) is 13.8 Å². The van der Waals surface area contributed by atoms with Crippen LogP contribution in [0.3, 0.4) is 0 Å². The van der Waals surface area contributed by atoms with Crippen molar-refractivity contribution in [2.24, 2.45) is 0 Å². The number of hydrogen-bond acceptors (Lipinski definition) is 3. The minimum Gasteiger partial charge on any atom is -0.306 e. The van der Waals surface area contributed by atoms with Crippen LogP contribution in [0.15, 0.2) is 22.2 Å². The Balaban J connectivity index is 2.27. The van der Waals surface area contributed by atoms with Crippen LogP contribution in [0.25, 0.3) is 0 Å². The summed E-state index contributed by atoms with van der Waals surface area (Å²) in [6.07, 6.45) is 5.24. The third-order valence-corrected chi connectivity index (χ3v) is 5.21. The standard InChI is InChI=1S/C14H20BrN3S/c1-4-6-18-9-11(8-17-18)13(16-5-2)12-7-10(3)14(15)19-12/h7-9,13,16H,4-6H2,1-3H3. The number of nitrogens with one attached hydrogen (secondary N) is 1. The molecule has 2 aromatic rings. The molecule has 19 heavy (non-hydrogen) atoms. The van der Waals surface area contributed by atoms with Crippen molar-refractivity contribution in [3.05, 3.63) is 38.3 Å². The summed E-state index contributed by atoms with van der Waals surface area (Å²) in [6.45, 7) is 8.36. The Kier molecular flexibility index (Phi) is 5.19. The summed E-state index contributed by atoms with van der Waals surface area (Å²) in [5.41, 5.74) is 2.54. The lowest BCUT2D eigenvalue weighted by molar-refractivity contribution is 0.598. The van der Waals surface area contributed by atoms with Crippen LogP contribution in [0.4, 0.5) is 0 Å². The monoisotopic (exact) mass is 341 g/mol. The van der Waals surface area contributed by atoms with Gasteiger partial charge in [0.05, 0.1) is 16.0 Å². The molecular weight excluding hydrogens is 322 g/mol. The Morgan fingerprint density at radius 1 is 1.47 bits per heavy atom. The van der Waals surface area contributed by atoms with Gasteiger partial charge in [-0.15, -0.1) is 11.3 Å². The van der Waals surface area contributed by atoms with E-state index < -0.39 is 0 Å². The minimum atomic E-state index is 0.241. The molecule has 3 nitrogen and oxygen atoms in total. The number of hydrogen-bond donors (Lipinski definition) is 1. The molecule has 0 saturated carbocycles. The minimum absolute atomic E-state index is 0.241. The maximum atomic E-state index is 4.43. The summed E-state index contributed by atoms with van der Waals surface area (Å²) in [7, 11) is 0. The Morgan fingerprint density at radius 2 is 2.26 bits per heavy atom. The lowest BCUT2D eigenvalue weighted by atomic mass is 10.1. The third kappa shape index (κ3) is 3.46. The Labute approximate surface area is 127 Å². The Hall–Kier alpha value is -0.650. The molecule has 0 fully saturated rings. The van der Waals surface area contributed by atoms with Crippen molar-refractivity contribution in [2.75, 3.05) is 6.54 Å². The van der Waals surface area contributed by atoms with Crippen molar-refractivity contribution in [1.29, 1.82) is 0 Å². The molecule has 2 aromatic heterocycles. The van der Waals surface area contributed by atoms with Crippen LogP contribution in [0.1, 0.15) is 42.3 Å². The van der Waals surface area contributed by atoms with Crippen LogP contribution in [0, 0.1) is 6.92 Å². The molecule has 0 aliphatic rings. The molecule has 0 saturated heterocycles. The average Bonchev–Trinajstić information content (AvgIpc) is 2.95. The molecule has 0 radical (unpaired) electrons. The zero-order valence-electron chi connectivity index (χ0n) is 11.6. The molecule has 5 heteroatoms. The molecule has 1 atom stereocenters. The Morgan fingerprint density at radius 3 is 2.84 bits per heavy atom. The number of aromatic nitrogens is 2. The van der Waals surface area contributed by atoms with E-state index in [1.807, 2.05) is 10.9 Å². The van der Waals surface area contributed by atoms with E-state index in [0.29, 0.717) is 0 Å². The van der Waals surface area contributed by atoms with Crippen LogP contribution in [-0.2, 0) is 6.54 Å². The van der Waals surface area contributed by atoms with Crippen LogP contribution in [0.5, 0.6) is 0 Å². The summed E-state index contributed by atoms with van der Waals surface area (Å²) < 4.78 is 3.24. The second-order valence-electron chi connectivity index (χ2n) is 4.63. The first kappa shape index (κ1) is 14.8. The van der Waals surface area contributed by atoms with Crippen LogP contribution in [-0.4, -0.2) is 16.3 Å². The molecule has 0 bridgehead atoms. The van der Waals surface area contributed by atoms with Crippen LogP contribution in [0.2, 0.25) is 0 Å². The topological polar surface area (TPSA) is 29.9 Å². The highest BCUT2D eigenvalue weighted by Gasteiger charge is 2.18. The first-order valence-electron chi connectivity index (χ1n) is 6.67. The largest absolute Gasteiger partial charge is 0.306 e. The average molecular weight is 342 g/mol. The highest BCUT2D eigenvalue weighted by atomic mass is 79.9. The number of aryl methyl sites for hydroxylation is 2. The third-order valence-electron chi connectivity index (χ3n) is 3.01. The summed E-state index contributed by atoms with van der Waals surface area (Å²) in [5.74, 6) is 0. The van der Waals surface area contributed by atoms with Gasteiger partial charge >= 0.3 is 0 Å².